The maximum atomic E-state index is 12.4. The molecular weight excluding hydrogens is 326 g/mol. The van der Waals surface area contributed by atoms with Gasteiger partial charge in [-0.2, -0.15) is 0 Å². The molecule has 5 nitrogen and oxygen atoms in total. The molecule has 6 heteroatoms. The molecule has 2 amide bonds. The van der Waals surface area contributed by atoms with Crippen LogP contribution in [0.1, 0.15) is 36.0 Å². The van der Waals surface area contributed by atoms with Gasteiger partial charge in [0.1, 0.15) is 4.88 Å². The van der Waals surface area contributed by atoms with Gasteiger partial charge in [-0.3, -0.25) is 9.59 Å². The number of rotatable bonds is 2. The Balaban J connectivity index is 1.64. The van der Waals surface area contributed by atoms with Gasteiger partial charge in [0.05, 0.1) is 11.1 Å². The second-order valence-corrected chi connectivity index (χ2v) is 6.49. The first kappa shape index (κ1) is 14.6. The number of carbonyl (C=O) groups excluding carboxylic acids is 3. The molecule has 2 aromatic carbocycles. The molecule has 0 spiro atoms. The lowest BCUT2D eigenvalue weighted by atomic mass is 10.1. The molecule has 1 aromatic heterocycles. The summed E-state index contributed by atoms with van der Waals surface area (Å²) >= 11 is 1.28. The lowest BCUT2D eigenvalue weighted by Crippen LogP contribution is -2.32. The van der Waals surface area contributed by atoms with E-state index in [1.807, 2.05) is 25.1 Å². The molecule has 0 radical (unpaired) electrons. The first-order chi connectivity index (χ1) is 11.6. The van der Waals surface area contributed by atoms with Gasteiger partial charge in [0.25, 0.3) is 11.8 Å². The number of hydrogen-bond donors (Lipinski definition) is 0. The molecule has 0 saturated carbocycles. The molecule has 3 aromatic rings. The predicted molar refractivity (Wildman–Crippen MR) is 88.9 cm³/mol. The van der Waals surface area contributed by atoms with Gasteiger partial charge >= 0.3 is 5.97 Å². The minimum absolute atomic E-state index is 0.238. The van der Waals surface area contributed by atoms with Crippen molar-refractivity contribution in [2.75, 3.05) is 0 Å². The Morgan fingerprint density at radius 3 is 2.29 bits per heavy atom. The molecular formula is C18H11NO4S. The third-order valence-electron chi connectivity index (χ3n) is 3.87. The molecule has 2 heterocycles. The van der Waals surface area contributed by atoms with Crippen LogP contribution < -0.4 is 0 Å². The molecule has 0 saturated heterocycles. The standard InChI is InChI=1S/C18H11NO4S/c1-10-5-4-6-11-9-14(24-15(10)11)18(22)23-19-16(20)12-7-2-3-8-13(12)17(19)21/h2-9H,1H3. The Morgan fingerprint density at radius 2 is 1.67 bits per heavy atom. The van der Waals surface area contributed by atoms with Gasteiger partial charge in [0.15, 0.2) is 0 Å². The number of carbonyl (C=O) groups is 3. The number of amides is 2. The van der Waals surface area contributed by atoms with E-state index < -0.39 is 17.8 Å². The normalized spacial score (nSPS) is 13.5. The Morgan fingerprint density at radius 1 is 1.00 bits per heavy atom. The van der Waals surface area contributed by atoms with E-state index in [2.05, 4.69) is 0 Å². The van der Waals surface area contributed by atoms with Crippen molar-refractivity contribution >= 4 is 39.2 Å². The van der Waals surface area contributed by atoms with Crippen LogP contribution in [-0.2, 0) is 4.84 Å². The van der Waals surface area contributed by atoms with E-state index >= 15 is 0 Å². The van der Waals surface area contributed by atoms with Crippen molar-refractivity contribution in [2.45, 2.75) is 6.92 Å². The quantitative estimate of drug-likeness (QED) is 0.671. The van der Waals surface area contributed by atoms with Crippen LogP contribution in [0, 0.1) is 6.92 Å². The lowest BCUT2D eigenvalue weighted by molar-refractivity contribution is -0.0581. The summed E-state index contributed by atoms with van der Waals surface area (Å²) in [5, 5.41) is 1.46. The average molecular weight is 337 g/mol. The van der Waals surface area contributed by atoms with Gasteiger partial charge in [0.2, 0.25) is 0 Å². The summed E-state index contributed by atoms with van der Waals surface area (Å²) in [6.45, 7) is 1.96. The Bertz CT molecular complexity index is 986. The Kier molecular flexibility index (Phi) is 3.21. The van der Waals surface area contributed by atoms with Crippen LogP contribution in [-0.4, -0.2) is 22.8 Å². The maximum Gasteiger partial charge on any atom is 0.373 e. The van der Waals surface area contributed by atoms with Gasteiger partial charge < -0.3 is 4.84 Å². The minimum atomic E-state index is -0.717. The number of hydroxylamine groups is 2. The number of nitrogens with zero attached hydrogens (tertiary/aromatic N) is 1. The van der Waals surface area contributed by atoms with Crippen molar-refractivity contribution in [2.24, 2.45) is 0 Å². The van der Waals surface area contributed by atoms with E-state index in [4.69, 9.17) is 4.84 Å². The highest BCUT2D eigenvalue weighted by Gasteiger charge is 2.39. The van der Waals surface area contributed by atoms with Crippen LogP contribution in [0.2, 0.25) is 0 Å². The Labute approximate surface area is 141 Å². The number of hydrogen-bond acceptors (Lipinski definition) is 5. The summed E-state index contributed by atoms with van der Waals surface area (Å²) < 4.78 is 0.979. The zero-order valence-electron chi connectivity index (χ0n) is 12.6. The van der Waals surface area contributed by atoms with E-state index in [9.17, 15) is 14.4 Å². The second-order valence-electron chi connectivity index (χ2n) is 5.43. The summed E-state index contributed by atoms with van der Waals surface area (Å²) in [6, 6.07) is 13.8. The van der Waals surface area contributed by atoms with Gasteiger partial charge in [-0.1, -0.05) is 35.4 Å². The zero-order chi connectivity index (χ0) is 16.8. The molecule has 1 aliphatic heterocycles. The molecule has 0 atom stereocenters. The summed E-state index contributed by atoms with van der Waals surface area (Å²) in [5.74, 6) is -1.97. The topological polar surface area (TPSA) is 63.7 Å². The highest BCUT2D eigenvalue weighted by Crippen LogP contribution is 2.30. The van der Waals surface area contributed by atoms with Crippen molar-refractivity contribution < 1.29 is 19.2 Å². The van der Waals surface area contributed by atoms with Crippen molar-refractivity contribution in [1.82, 2.24) is 5.06 Å². The number of aryl methyl sites for hydroxylation is 1. The highest BCUT2D eigenvalue weighted by molar-refractivity contribution is 7.21. The van der Waals surface area contributed by atoms with Crippen molar-refractivity contribution in [3.63, 3.8) is 0 Å². The first-order valence-corrected chi connectivity index (χ1v) is 8.07. The van der Waals surface area contributed by atoms with E-state index in [1.54, 1.807) is 18.2 Å². The van der Waals surface area contributed by atoms with Crippen LogP contribution in [0.5, 0.6) is 0 Å². The lowest BCUT2D eigenvalue weighted by Gasteiger charge is -2.11. The van der Waals surface area contributed by atoms with E-state index in [-0.39, 0.29) is 11.1 Å². The molecule has 1 aliphatic rings. The fourth-order valence-corrected chi connectivity index (χ4v) is 3.69. The zero-order valence-corrected chi connectivity index (χ0v) is 13.4. The smallest absolute Gasteiger partial charge is 0.323 e. The summed E-state index contributed by atoms with van der Waals surface area (Å²) in [6.07, 6.45) is 0. The number of benzene rings is 2. The largest absolute Gasteiger partial charge is 0.373 e. The van der Waals surface area contributed by atoms with Gasteiger partial charge in [-0.25, -0.2) is 4.79 Å². The third kappa shape index (κ3) is 2.11. The van der Waals surface area contributed by atoms with Gasteiger partial charge in [0, 0.05) is 4.70 Å². The minimum Gasteiger partial charge on any atom is -0.323 e. The van der Waals surface area contributed by atoms with Crippen molar-refractivity contribution in [1.29, 1.82) is 0 Å². The molecule has 4 rings (SSSR count). The fourth-order valence-electron chi connectivity index (χ4n) is 2.69. The monoisotopic (exact) mass is 337 g/mol. The molecule has 0 unspecified atom stereocenters. The molecule has 0 bridgehead atoms. The molecule has 118 valence electrons. The Hall–Kier alpha value is -2.99. The number of fused-ring (bicyclic) bond motifs is 2. The van der Waals surface area contributed by atoms with Crippen molar-refractivity contribution in [3.05, 3.63) is 70.1 Å². The maximum absolute atomic E-state index is 12.4. The summed E-state index contributed by atoms with van der Waals surface area (Å²) in [4.78, 5) is 42.3. The van der Waals surface area contributed by atoms with Crippen molar-refractivity contribution in [3.8, 4) is 0 Å². The van der Waals surface area contributed by atoms with Crippen LogP contribution in [0.25, 0.3) is 10.1 Å². The number of imide groups is 1. The fraction of sp³-hybridized carbons (Fsp3) is 0.0556. The van der Waals surface area contributed by atoms with E-state index in [1.165, 1.54) is 23.5 Å². The second kappa shape index (κ2) is 5.28. The van der Waals surface area contributed by atoms with E-state index in [0.29, 0.717) is 9.94 Å². The summed E-state index contributed by atoms with van der Waals surface area (Å²) in [7, 11) is 0. The molecule has 0 fully saturated rings. The molecule has 0 aliphatic carbocycles. The molecule has 24 heavy (non-hydrogen) atoms. The summed E-state index contributed by atoms with van der Waals surface area (Å²) in [5.41, 5.74) is 1.53. The van der Waals surface area contributed by atoms with Crippen LogP contribution in [0.4, 0.5) is 0 Å². The van der Waals surface area contributed by atoms with Crippen LogP contribution in [0.3, 0.4) is 0 Å². The first-order valence-electron chi connectivity index (χ1n) is 7.25. The van der Waals surface area contributed by atoms with Crippen LogP contribution in [0.15, 0.2) is 48.5 Å². The van der Waals surface area contributed by atoms with Crippen LogP contribution >= 0.6 is 11.3 Å². The SMILES string of the molecule is Cc1cccc2cc(C(=O)ON3C(=O)c4ccccc4C3=O)sc12. The molecule has 0 N–H and O–H groups in total. The van der Waals surface area contributed by atoms with E-state index in [0.717, 1.165) is 15.6 Å². The average Bonchev–Trinajstić information content (AvgIpc) is 3.12. The van der Waals surface area contributed by atoms with Gasteiger partial charge in [-0.15, -0.1) is 11.3 Å². The third-order valence-corrected chi connectivity index (χ3v) is 5.14. The highest BCUT2D eigenvalue weighted by atomic mass is 32.1. The predicted octanol–water partition coefficient (Wildman–Crippen LogP) is 3.58. The van der Waals surface area contributed by atoms with Gasteiger partial charge in [-0.05, 0) is 36.1 Å². The number of thiophene rings is 1.